The SMILES string of the molecule is CC.CC.Cc1nc2ccccc2c(C2=NCC(C)N2)c1C. The minimum absolute atomic E-state index is 0.423. The van der Waals surface area contributed by atoms with Crippen molar-refractivity contribution in [2.75, 3.05) is 6.54 Å². The van der Waals surface area contributed by atoms with Crippen LogP contribution in [0.4, 0.5) is 0 Å². The number of aromatic nitrogens is 1. The molecule has 22 heavy (non-hydrogen) atoms. The molecule has 0 aliphatic carbocycles. The Kier molecular flexibility index (Phi) is 7.03. The molecule has 1 aromatic heterocycles. The average molecular weight is 299 g/mol. The van der Waals surface area contributed by atoms with Gasteiger partial charge in [-0.15, -0.1) is 0 Å². The Labute approximate surface area is 134 Å². The second-order valence-electron chi connectivity index (χ2n) is 4.95. The number of nitrogens with zero attached hydrogens (tertiary/aromatic N) is 2. The highest BCUT2D eigenvalue weighted by molar-refractivity contribution is 6.11. The van der Waals surface area contributed by atoms with Crippen LogP contribution in [0.15, 0.2) is 29.3 Å². The molecule has 0 saturated heterocycles. The van der Waals surface area contributed by atoms with Gasteiger partial charge in [-0.2, -0.15) is 0 Å². The van der Waals surface area contributed by atoms with Crippen LogP contribution in [0, 0.1) is 13.8 Å². The maximum atomic E-state index is 4.64. The van der Waals surface area contributed by atoms with Crippen LogP contribution in [-0.2, 0) is 0 Å². The molecule has 3 nitrogen and oxygen atoms in total. The fraction of sp³-hybridized carbons (Fsp3) is 0.474. The Bertz CT molecular complexity index is 644. The maximum absolute atomic E-state index is 4.64. The van der Waals surface area contributed by atoms with Crippen molar-refractivity contribution in [3.8, 4) is 0 Å². The maximum Gasteiger partial charge on any atom is 0.129 e. The topological polar surface area (TPSA) is 37.3 Å². The summed E-state index contributed by atoms with van der Waals surface area (Å²) in [4.78, 5) is 9.26. The van der Waals surface area contributed by atoms with Gasteiger partial charge in [0.15, 0.2) is 0 Å². The van der Waals surface area contributed by atoms with Crippen LogP contribution in [0.25, 0.3) is 10.9 Å². The summed E-state index contributed by atoms with van der Waals surface area (Å²) in [5.41, 5.74) is 4.55. The molecule has 0 radical (unpaired) electrons. The van der Waals surface area contributed by atoms with E-state index in [2.05, 4.69) is 54.3 Å². The Balaban J connectivity index is 0.000000561. The van der Waals surface area contributed by atoms with Gasteiger partial charge in [-0.25, -0.2) is 0 Å². The van der Waals surface area contributed by atoms with E-state index in [1.807, 2.05) is 33.8 Å². The lowest BCUT2D eigenvalue weighted by Crippen LogP contribution is -2.28. The van der Waals surface area contributed by atoms with Gasteiger partial charge in [-0.1, -0.05) is 45.9 Å². The first-order valence-corrected chi connectivity index (χ1v) is 8.34. The highest BCUT2D eigenvalue weighted by atomic mass is 15.1. The molecule has 1 atom stereocenters. The molecule has 0 bridgehead atoms. The summed E-state index contributed by atoms with van der Waals surface area (Å²) in [5, 5.41) is 4.63. The van der Waals surface area contributed by atoms with E-state index in [1.54, 1.807) is 0 Å². The number of para-hydroxylation sites is 1. The molecule has 1 unspecified atom stereocenters. The average Bonchev–Trinajstić information content (AvgIpc) is 2.98. The van der Waals surface area contributed by atoms with E-state index in [-0.39, 0.29) is 0 Å². The van der Waals surface area contributed by atoms with Crippen LogP contribution in [0.5, 0.6) is 0 Å². The molecular formula is C19H29N3. The lowest BCUT2D eigenvalue weighted by atomic mass is 10.0. The van der Waals surface area contributed by atoms with Crippen molar-refractivity contribution in [3.63, 3.8) is 0 Å². The third-order valence-corrected chi connectivity index (χ3v) is 3.52. The number of aryl methyl sites for hydroxylation is 1. The monoisotopic (exact) mass is 299 g/mol. The van der Waals surface area contributed by atoms with E-state index in [0.717, 1.165) is 23.6 Å². The van der Waals surface area contributed by atoms with Crippen molar-refractivity contribution in [2.24, 2.45) is 4.99 Å². The van der Waals surface area contributed by atoms with Gasteiger partial charge in [-0.05, 0) is 32.4 Å². The van der Waals surface area contributed by atoms with Crippen molar-refractivity contribution >= 4 is 16.7 Å². The Morgan fingerprint density at radius 3 is 2.27 bits per heavy atom. The van der Waals surface area contributed by atoms with Gasteiger partial charge in [-0.3, -0.25) is 9.98 Å². The van der Waals surface area contributed by atoms with E-state index >= 15 is 0 Å². The number of nitrogens with one attached hydrogen (secondary N) is 1. The number of hydrogen-bond acceptors (Lipinski definition) is 3. The van der Waals surface area contributed by atoms with Gasteiger partial charge >= 0.3 is 0 Å². The number of benzene rings is 1. The summed E-state index contributed by atoms with van der Waals surface area (Å²) < 4.78 is 0. The van der Waals surface area contributed by atoms with Crippen molar-refractivity contribution in [1.82, 2.24) is 10.3 Å². The zero-order valence-corrected chi connectivity index (χ0v) is 15.0. The predicted octanol–water partition coefficient (Wildman–Crippen LogP) is 4.64. The molecule has 2 heterocycles. The molecule has 1 aliphatic heterocycles. The van der Waals surface area contributed by atoms with Gasteiger partial charge in [0.25, 0.3) is 0 Å². The normalized spacial score (nSPS) is 16.0. The van der Waals surface area contributed by atoms with Crippen LogP contribution in [0.3, 0.4) is 0 Å². The highest BCUT2D eigenvalue weighted by Crippen LogP contribution is 2.24. The molecule has 1 aromatic carbocycles. The third-order valence-electron chi connectivity index (χ3n) is 3.52. The molecule has 0 saturated carbocycles. The van der Waals surface area contributed by atoms with Gasteiger partial charge < -0.3 is 5.32 Å². The van der Waals surface area contributed by atoms with Gasteiger partial charge in [0, 0.05) is 22.7 Å². The van der Waals surface area contributed by atoms with Crippen LogP contribution in [0.1, 0.15) is 51.4 Å². The summed E-state index contributed by atoms with van der Waals surface area (Å²) in [6, 6.07) is 8.69. The minimum atomic E-state index is 0.423. The van der Waals surface area contributed by atoms with E-state index in [9.17, 15) is 0 Å². The Morgan fingerprint density at radius 2 is 1.68 bits per heavy atom. The summed E-state index contributed by atoms with van der Waals surface area (Å²) in [5.74, 6) is 1.02. The number of fused-ring (bicyclic) bond motifs is 1. The quantitative estimate of drug-likeness (QED) is 0.832. The number of hydrogen-bond donors (Lipinski definition) is 1. The van der Waals surface area contributed by atoms with Crippen molar-refractivity contribution in [1.29, 1.82) is 0 Å². The first-order valence-electron chi connectivity index (χ1n) is 8.34. The predicted molar refractivity (Wildman–Crippen MR) is 97.9 cm³/mol. The molecule has 1 N–H and O–H groups in total. The fourth-order valence-corrected chi connectivity index (χ4v) is 2.44. The molecule has 3 heteroatoms. The lowest BCUT2D eigenvalue weighted by Gasteiger charge is -2.14. The van der Waals surface area contributed by atoms with E-state index < -0.39 is 0 Å². The fourth-order valence-electron chi connectivity index (χ4n) is 2.44. The molecule has 2 aromatic rings. The molecule has 120 valence electrons. The summed E-state index contributed by atoms with van der Waals surface area (Å²) >= 11 is 0. The van der Waals surface area contributed by atoms with Gasteiger partial charge in [0.05, 0.1) is 12.1 Å². The van der Waals surface area contributed by atoms with Crippen LogP contribution < -0.4 is 5.32 Å². The molecule has 0 fully saturated rings. The largest absolute Gasteiger partial charge is 0.366 e. The third kappa shape index (κ3) is 3.65. The van der Waals surface area contributed by atoms with Crippen LogP contribution in [-0.4, -0.2) is 23.4 Å². The molecule has 1 aliphatic rings. The van der Waals surface area contributed by atoms with E-state index in [0.29, 0.717) is 6.04 Å². The van der Waals surface area contributed by atoms with Crippen LogP contribution in [0.2, 0.25) is 0 Å². The van der Waals surface area contributed by atoms with Gasteiger partial charge in [0.2, 0.25) is 0 Å². The number of pyridine rings is 1. The lowest BCUT2D eigenvalue weighted by molar-refractivity contribution is 0.726. The summed E-state index contributed by atoms with van der Waals surface area (Å²) in [6.45, 7) is 15.2. The second-order valence-corrected chi connectivity index (χ2v) is 4.95. The van der Waals surface area contributed by atoms with E-state index in [1.165, 1.54) is 16.5 Å². The summed E-state index contributed by atoms with van der Waals surface area (Å²) in [6.07, 6.45) is 0. The standard InChI is InChI=1S/C15H17N3.2C2H6/c1-9-8-16-15(17-9)14-10(2)11(3)18-13-7-5-4-6-12(13)14;2*1-2/h4-7,9H,8H2,1-3H3,(H,16,17);2*1-2H3. The smallest absolute Gasteiger partial charge is 0.129 e. The van der Waals surface area contributed by atoms with Gasteiger partial charge in [0.1, 0.15) is 5.84 Å². The van der Waals surface area contributed by atoms with Crippen molar-refractivity contribution in [3.05, 3.63) is 41.1 Å². The molecule has 0 spiro atoms. The molecule has 0 amide bonds. The molecule has 3 rings (SSSR count). The van der Waals surface area contributed by atoms with E-state index in [4.69, 9.17) is 0 Å². The second kappa shape index (κ2) is 8.52. The Morgan fingerprint density at radius 1 is 1.05 bits per heavy atom. The Hall–Kier alpha value is -1.90. The number of rotatable bonds is 1. The van der Waals surface area contributed by atoms with Crippen LogP contribution >= 0.6 is 0 Å². The zero-order chi connectivity index (χ0) is 16.7. The first-order chi connectivity index (χ1) is 10.7. The molecular weight excluding hydrogens is 270 g/mol. The number of aliphatic imine (C=N–C) groups is 1. The highest BCUT2D eigenvalue weighted by Gasteiger charge is 2.19. The van der Waals surface area contributed by atoms with Crippen molar-refractivity contribution < 1.29 is 0 Å². The first kappa shape index (κ1) is 18.1. The van der Waals surface area contributed by atoms with Crippen molar-refractivity contribution in [2.45, 2.75) is 54.5 Å². The minimum Gasteiger partial charge on any atom is -0.366 e. The number of amidine groups is 1. The zero-order valence-electron chi connectivity index (χ0n) is 15.0. The summed E-state index contributed by atoms with van der Waals surface area (Å²) in [7, 11) is 0.